The number of aryl methyl sites for hydroxylation is 1. The van der Waals surface area contributed by atoms with E-state index in [1.165, 1.54) is 12.3 Å². The average Bonchev–Trinajstić information content (AvgIpc) is 3.76. The maximum atomic E-state index is 12.8. The summed E-state index contributed by atoms with van der Waals surface area (Å²) < 4.78 is 5.73. The first-order chi connectivity index (χ1) is 23.2. The van der Waals surface area contributed by atoms with Gasteiger partial charge in [-0.1, -0.05) is 38.6 Å². The number of carbonyl (C=O) groups excluding carboxylic acids is 3. The van der Waals surface area contributed by atoms with Crippen molar-refractivity contribution in [1.29, 1.82) is 5.41 Å². The Hall–Kier alpha value is -5.34. The zero-order valence-corrected chi connectivity index (χ0v) is 27.9. The van der Waals surface area contributed by atoms with Crippen molar-refractivity contribution in [3.8, 4) is 5.75 Å². The Labute approximate surface area is 280 Å². The van der Waals surface area contributed by atoms with Crippen LogP contribution in [-0.2, 0) is 22.6 Å². The summed E-state index contributed by atoms with van der Waals surface area (Å²) in [5, 5.41) is 29.6. The van der Waals surface area contributed by atoms with E-state index in [4.69, 9.17) is 25.8 Å². The monoisotopic (exact) mass is 662 g/mol. The highest BCUT2D eigenvalue weighted by atomic mass is 16.5. The third-order valence-corrected chi connectivity index (χ3v) is 7.18. The van der Waals surface area contributed by atoms with Crippen molar-refractivity contribution in [2.75, 3.05) is 45.2 Å². The summed E-state index contributed by atoms with van der Waals surface area (Å²) in [5.74, 6) is -0.234. The summed E-state index contributed by atoms with van der Waals surface area (Å²) in [4.78, 5) is 48.3. The van der Waals surface area contributed by atoms with Gasteiger partial charge in [0.2, 0.25) is 0 Å². The minimum atomic E-state index is -0.405. The van der Waals surface area contributed by atoms with Crippen LogP contribution in [0.5, 0.6) is 5.75 Å². The first kappa shape index (κ1) is 38.8. The van der Waals surface area contributed by atoms with Crippen LogP contribution < -0.4 is 31.3 Å². The summed E-state index contributed by atoms with van der Waals surface area (Å²) in [7, 11) is 3.75. The van der Waals surface area contributed by atoms with Crippen LogP contribution in [0.3, 0.4) is 0 Å². The molecule has 0 spiro atoms. The van der Waals surface area contributed by atoms with E-state index in [0.717, 1.165) is 40.8 Å². The number of nitrogens with two attached hydrogens (primary N) is 1. The van der Waals surface area contributed by atoms with Gasteiger partial charge in [-0.2, -0.15) is 5.10 Å². The number of hydrogen-bond acceptors (Lipinski definition) is 10. The lowest BCUT2D eigenvalue weighted by atomic mass is 10.1. The van der Waals surface area contributed by atoms with E-state index in [-0.39, 0.29) is 55.2 Å². The van der Waals surface area contributed by atoms with E-state index >= 15 is 0 Å². The Morgan fingerprint density at radius 2 is 1.88 bits per heavy atom. The molecule has 0 saturated carbocycles. The molecule has 258 valence electrons. The van der Waals surface area contributed by atoms with Gasteiger partial charge in [-0.25, -0.2) is 0 Å². The van der Waals surface area contributed by atoms with Crippen LogP contribution in [-0.4, -0.2) is 85.9 Å². The highest BCUT2D eigenvalue weighted by Crippen LogP contribution is 2.33. The molecule has 1 aliphatic carbocycles. The van der Waals surface area contributed by atoms with Crippen LogP contribution in [0.15, 0.2) is 54.6 Å². The van der Waals surface area contributed by atoms with Crippen LogP contribution in [0.1, 0.15) is 69.5 Å². The molecule has 0 saturated heterocycles. The number of carboxylic acid groups (broad SMARTS) is 1. The van der Waals surface area contributed by atoms with Gasteiger partial charge in [0.25, 0.3) is 18.3 Å². The van der Waals surface area contributed by atoms with E-state index in [1.807, 2.05) is 69.2 Å². The molecule has 1 atom stereocenters. The quantitative estimate of drug-likeness (QED) is 0.0957. The fourth-order valence-electron chi connectivity index (χ4n) is 4.93. The van der Waals surface area contributed by atoms with E-state index < -0.39 is 5.91 Å². The number of fused-ring (bicyclic) bond motifs is 2. The Morgan fingerprint density at radius 1 is 1.17 bits per heavy atom. The maximum absolute atomic E-state index is 12.8. The van der Waals surface area contributed by atoms with E-state index in [1.54, 1.807) is 0 Å². The number of amides is 2. The Bertz CT molecular complexity index is 1570. The second kappa shape index (κ2) is 20.0. The van der Waals surface area contributed by atoms with Crippen molar-refractivity contribution in [2.24, 2.45) is 5.73 Å². The third kappa shape index (κ3) is 10.6. The predicted octanol–water partition coefficient (Wildman–Crippen LogP) is 2.60. The number of nitrogens with one attached hydrogen (secondary N) is 5. The van der Waals surface area contributed by atoms with Gasteiger partial charge in [0, 0.05) is 30.9 Å². The number of Topliss-reactive ketones (excluding diaryl/α,β-unsaturated/α-hetero) is 1. The number of benzene rings is 2. The summed E-state index contributed by atoms with van der Waals surface area (Å²) in [5.41, 5.74) is 10.8. The molecule has 0 bridgehead atoms. The standard InChI is InChI=1S/C29H31N7O4.C2H7N.C2H6.CH2O2/c1-17(13-30)26(37)16-36-8-9-40-27-7-3-19(11-25(27)36)15-32-28(38)23-12-24(35-34-23)29(39)33-22-6-4-20-10-18(14-31)2-5-21(20)22;1-3-2;1-2;2-1-3/h2-3,5,7,10-12,14,22,31H,1,4,6,8-9,13,15-16,30H2,(H,32,38)(H,33,39)(H,34,35);3H,1-2H3;1-2H3;1H,(H,2,3). The second-order valence-electron chi connectivity index (χ2n) is 10.4. The van der Waals surface area contributed by atoms with Gasteiger partial charge in [0.1, 0.15) is 18.1 Å². The third-order valence-electron chi connectivity index (χ3n) is 7.18. The molecular weight excluding hydrogens is 616 g/mol. The van der Waals surface area contributed by atoms with Gasteiger partial charge in [-0.05, 0) is 67.4 Å². The molecule has 0 radical (unpaired) electrons. The summed E-state index contributed by atoms with van der Waals surface area (Å²) in [6.07, 6.45) is 2.89. The largest absolute Gasteiger partial charge is 0.490 e. The first-order valence-corrected chi connectivity index (χ1v) is 15.5. The number of aromatic amines is 1. The smallest absolute Gasteiger partial charge is 0.290 e. The number of ketones is 1. The molecule has 14 heteroatoms. The number of aromatic nitrogens is 2. The van der Waals surface area contributed by atoms with Crippen molar-refractivity contribution in [2.45, 2.75) is 39.3 Å². The zero-order valence-electron chi connectivity index (χ0n) is 27.9. The molecule has 3 aromatic rings. The summed E-state index contributed by atoms with van der Waals surface area (Å²) >= 11 is 0. The molecule has 2 amide bonds. The van der Waals surface area contributed by atoms with E-state index in [0.29, 0.717) is 24.5 Å². The number of hydrogen-bond donors (Lipinski definition) is 7. The number of rotatable bonds is 10. The Morgan fingerprint density at radius 3 is 2.54 bits per heavy atom. The first-order valence-electron chi connectivity index (χ1n) is 15.5. The fraction of sp³-hybridized carbons (Fsp3) is 0.353. The topological polar surface area (TPSA) is 216 Å². The maximum Gasteiger partial charge on any atom is 0.290 e. The lowest BCUT2D eigenvalue weighted by Gasteiger charge is -2.31. The van der Waals surface area contributed by atoms with Crippen LogP contribution >= 0.6 is 0 Å². The summed E-state index contributed by atoms with van der Waals surface area (Å²) in [6, 6.07) is 12.6. The van der Waals surface area contributed by atoms with Gasteiger partial charge in [0.15, 0.2) is 11.5 Å². The Balaban J connectivity index is 0.000000916. The number of ether oxygens (including phenoxy) is 1. The second-order valence-corrected chi connectivity index (χ2v) is 10.4. The molecule has 1 unspecified atom stereocenters. The van der Waals surface area contributed by atoms with Gasteiger partial charge in [0.05, 0.1) is 24.8 Å². The molecule has 48 heavy (non-hydrogen) atoms. The van der Waals surface area contributed by atoms with Crippen LogP contribution in [0.4, 0.5) is 5.69 Å². The molecule has 2 aliphatic rings. The van der Waals surface area contributed by atoms with Crippen LogP contribution in [0.2, 0.25) is 0 Å². The highest BCUT2D eigenvalue weighted by Gasteiger charge is 2.26. The van der Waals surface area contributed by atoms with Crippen molar-refractivity contribution >= 4 is 36.0 Å². The molecule has 2 heterocycles. The fourth-order valence-corrected chi connectivity index (χ4v) is 4.93. The number of anilines is 1. The minimum Gasteiger partial charge on any atom is -0.490 e. The molecule has 2 aromatic carbocycles. The van der Waals surface area contributed by atoms with Crippen molar-refractivity contribution < 1.29 is 29.0 Å². The summed E-state index contributed by atoms with van der Waals surface area (Å²) in [6.45, 7) is 8.96. The molecule has 0 fully saturated rings. The predicted molar refractivity (Wildman–Crippen MR) is 185 cm³/mol. The van der Waals surface area contributed by atoms with E-state index in [2.05, 4.69) is 32.7 Å². The van der Waals surface area contributed by atoms with Crippen molar-refractivity contribution in [1.82, 2.24) is 26.1 Å². The van der Waals surface area contributed by atoms with E-state index in [9.17, 15) is 14.4 Å². The normalized spacial score (nSPS) is 13.6. The van der Waals surface area contributed by atoms with Gasteiger partial charge < -0.3 is 41.8 Å². The number of nitrogens with zero attached hydrogens (tertiary/aromatic N) is 2. The molecule has 1 aliphatic heterocycles. The zero-order chi connectivity index (χ0) is 35.6. The lowest BCUT2D eigenvalue weighted by Crippen LogP contribution is -2.38. The van der Waals surface area contributed by atoms with Gasteiger partial charge in [-0.3, -0.25) is 24.3 Å². The molecule has 1 aromatic heterocycles. The lowest BCUT2D eigenvalue weighted by molar-refractivity contribution is -0.123. The number of H-pyrrole nitrogens is 1. The number of carbonyl (C=O) groups is 4. The van der Waals surface area contributed by atoms with Crippen LogP contribution in [0.25, 0.3) is 0 Å². The van der Waals surface area contributed by atoms with Crippen molar-refractivity contribution in [3.63, 3.8) is 0 Å². The molecular formula is C34H46N8O6. The minimum absolute atomic E-state index is 0.112. The molecule has 8 N–H and O–H groups in total. The van der Waals surface area contributed by atoms with Crippen LogP contribution in [0, 0.1) is 5.41 Å². The van der Waals surface area contributed by atoms with Gasteiger partial charge in [-0.15, -0.1) is 0 Å². The molecule has 14 nitrogen and oxygen atoms in total. The molecule has 5 rings (SSSR count). The average molecular weight is 663 g/mol. The Kier molecular flexibility index (Phi) is 16.2. The highest BCUT2D eigenvalue weighted by molar-refractivity contribution is 5.99. The SMILES string of the molecule is C=C(CN)C(=O)CN1CCOc2ccc(CNC(=O)c3cc(C(=O)NC4CCc5cc(C=N)ccc54)n[nH]3)cc21.CC.CNC.O=CO. The van der Waals surface area contributed by atoms with Gasteiger partial charge >= 0.3 is 0 Å². The van der Waals surface area contributed by atoms with Crippen molar-refractivity contribution in [3.05, 3.63) is 88.3 Å².